The Morgan fingerprint density at radius 1 is 1.29 bits per heavy atom. The van der Waals surface area contributed by atoms with Gasteiger partial charge in [-0.25, -0.2) is 9.18 Å². The van der Waals surface area contributed by atoms with E-state index < -0.39 is 11.8 Å². The van der Waals surface area contributed by atoms with Crippen LogP contribution in [0.15, 0.2) is 18.2 Å². The quantitative estimate of drug-likeness (QED) is 0.927. The Labute approximate surface area is 124 Å². The number of nitrogens with zero attached hydrogens (tertiary/aromatic N) is 2. The Morgan fingerprint density at radius 2 is 2.14 bits per heavy atom. The molecular formula is C16H21FN2O2. The van der Waals surface area contributed by atoms with Crippen molar-refractivity contribution in [2.45, 2.75) is 31.8 Å². The third-order valence-corrected chi connectivity index (χ3v) is 4.59. The van der Waals surface area contributed by atoms with Crippen molar-refractivity contribution >= 4 is 5.97 Å². The van der Waals surface area contributed by atoms with E-state index in [1.807, 2.05) is 0 Å². The second-order valence-electron chi connectivity index (χ2n) is 6.04. The van der Waals surface area contributed by atoms with Gasteiger partial charge in [-0.1, -0.05) is 12.5 Å². The van der Waals surface area contributed by atoms with Crippen molar-refractivity contribution in [1.82, 2.24) is 9.80 Å². The first-order chi connectivity index (χ1) is 10.1. The highest BCUT2D eigenvalue weighted by atomic mass is 19.1. The van der Waals surface area contributed by atoms with Gasteiger partial charge in [0.1, 0.15) is 5.82 Å². The minimum Gasteiger partial charge on any atom is -0.478 e. The summed E-state index contributed by atoms with van der Waals surface area (Å²) in [7, 11) is 0. The molecule has 1 N–H and O–H groups in total. The fourth-order valence-corrected chi connectivity index (χ4v) is 3.45. The summed E-state index contributed by atoms with van der Waals surface area (Å²) < 4.78 is 13.7. The van der Waals surface area contributed by atoms with E-state index in [0.29, 0.717) is 12.6 Å². The van der Waals surface area contributed by atoms with Gasteiger partial charge >= 0.3 is 5.97 Å². The number of carboxylic acids is 1. The molecule has 2 heterocycles. The van der Waals surface area contributed by atoms with Crippen LogP contribution in [-0.4, -0.2) is 53.1 Å². The Kier molecular flexibility index (Phi) is 4.22. The molecule has 114 valence electrons. The summed E-state index contributed by atoms with van der Waals surface area (Å²) in [6, 6.07) is 5.08. The molecule has 1 unspecified atom stereocenters. The number of halogens is 1. The molecule has 1 aromatic rings. The molecule has 0 aromatic heterocycles. The molecule has 0 aliphatic carbocycles. The molecule has 2 saturated heterocycles. The van der Waals surface area contributed by atoms with Gasteiger partial charge in [-0.05, 0) is 37.1 Å². The summed E-state index contributed by atoms with van der Waals surface area (Å²) in [5.41, 5.74) is 0.595. The van der Waals surface area contributed by atoms with Gasteiger partial charge in [0, 0.05) is 32.2 Å². The van der Waals surface area contributed by atoms with Gasteiger partial charge in [0.05, 0.1) is 5.56 Å². The van der Waals surface area contributed by atoms with Crippen LogP contribution in [0.25, 0.3) is 0 Å². The first kappa shape index (κ1) is 14.5. The van der Waals surface area contributed by atoms with Gasteiger partial charge in [-0.2, -0.15) is 0 Å². The molecule has 0 radical (unpaired) electrons. The van der Waals surface area contributed by atoms with Crippen LogP contribution in [0.2, 0.25) is 0 Å². The summed E-state index contributed by atoms with van der Waals surface area (Å²) in [5, 5.41) is 8.85. The second-order valence-corrected chi connectivity index (χ2v) is 6.04. The summed E-state index contributed by atoms with van der Waals surface area (Å²) in [6.07, 6.45) is 3.86. The molecular weight excluding hydrogens is 271 g/mol. The number of carbonyl (C=O) groups is 1. The molecule has 5 heteroatoms. The number of hydrogen-bond acceptors (Lipinski definition) is 3. The predicted molar refractivity (Wildman–Crippen MR) is 77.8 cm³/mol. The standard InChI is InChI=1S/C16H21FN2O2/c17-15-9-12(4-5-14(15)16(20)21)10-18-7-8-19-6-2-1-3-13(19)11-18/h4-5,9,13H,1-3,6-8,10-11H2,(H,20,21). The maximum Gasteiger partial charge on any atom is 0.338 e. The summed E-state index contributed by atoms with van der Waals surface area (Å²) in [6.45, 7) is 5.02. The lowest BCUT2D eigenvalue weighted by Gasteiger charge is -2.44. The predicted octanol–water partition coefficient (Wildman–Crippen LogP) is 2.19. The number of aromatic carboxylic acids is 1. The monoisotopic (exact) mass is 292 g/mol. The molecule has 4 nitrogen and oxygen atoms in total. The lowest BCUT2D eigenvalue weighted by Crippen LogP contribution is -2.54. The van der Waals surface area contributed by atoms with Crippen LogP contribution < -0.4 is 0 Å². The number of benzene rings is 1. The smallest absolute Gasteiger partial charge is 0.338 e. The van der Waals surface area contributed by atoms with Gasteiger partial charge in [0.15, 0.2) is 0 Å². The Balaban J connectivity index is 1.64. The maximum absolute atomic E-state index is 13.7. The average molecular weight is 292 g/mol. The van der Waals surface area contributed by atoms with Gasteiger partial charge in [-0.15, -0.1) is 0 Å². The first-order valence-corrected chi connectivity index (χ1v) is 7.61. The maximum atomic E-state index is 13.7. The van der Waals surface area contributed by atoms with E-state index in [1.165, 1.54) is 37.9 Å². The van der Waals surface area contributed by atoms with Crippen molar-refractivity contribution in [2.75, 3.05) is 26.2 Å². The highest BCUT2D eigenvalue weighted by Gasteiger charge is 2.28. The van der Waals surface area contributed by atoms with Crippen LogP contribution in [0, 0.1) is 5.82 Å². The van der Waals surface area contributed by atoms with Gasteiger partial charge in [0.25, 0.3) is 0 Å². The molecule has 2 fully saturated rings. The molecule has 2 aliphatic heterocycles. The number of piperazine rings is 1. The number of fused-ring (bicyclic) bond motifs is 1. The lowest BCUT2D eigenvalue weighted by atomic mass is 9.99. The van der Waals surface area contributed by atoms with Crippen molar-refractivity contribution in [2.24, 2.45) is 0 Å². The van der Waals surface area contributed by atoms with Crippen molar-refractivity contribution in [1.29, 1.82) is 0 Å². The first-order valence-electron chi connectivity index (χ1n) is 7.61. The molecule has 2 aliphatic rings. The summed E-state index contributed by atoms with van der Waals surface area (Å²) >= 11 is 0. The fraction of sp³-hybridized carbons (Fsp3) is 0.562. The minimum absolute atomic E-state index is 0.254. The average Bonchev–Trinajstić information content (AvgIpc) is 2.47. The summed E-state index contributed by atoms with van der Waals surface area (Å²) in [5.74, 6) is -1.86. The molecule has 0 spiro atoms. The zero-order chi connectivity index (χ0) is 14.8. The zero-order valence-electron chi connectivity index (χ0n) is 12.1. The zero-order valence-corrected chi connectivity index (χ0v) is 12.1. The Hall–Kier alpha value is -1.46. The second kappa shape index (κ2) is 6.12. The fourth-order valence-electron chi connectivity index (χ4n) is 3.45. The Morgan fingerprint density at radius 3 is 2.90 bits per heavy atom. The van der Waals surface area contributed by atoms with E-state index in [-0.39, 0.29) is 5.56 Å². The van der Waals surface area contributed by atoms with Crippen LogP contribution in [0.1, 0.15) is 35.2 Å². The van der Waals surface area contributed by atoms with Gasteiger partial charge in [0.2, 0.25) is 0 Å². The Bertz CT molecular complexity index is 535. The minimum atomic E-state index is -1.21. The van der Waals surface area contributed by atoms with Crippen LogP contribution in [0.3, 0.4) is 0 Å². The van der Waals surface area contributed by atoms with Gasteiger partial charge in [-0.3, -0.25) is 9.80 Å². The number of carboxylic acid groups (broad SMARTS) is 1. The van der Waals surface area contributed by atoms with Crippen molar-refractivity contribution in [3.05, 3.63) is 35.1 Å². The van der Waals surface area contributed by atoms with Crippen molar-refractivity contribution in [3.63, 3.8) is 0 Å². The van der Waals surface area contributed by atoms with E-state index in [9.17, 15) is 9.18 Å². The normalized spacial score (nSPS) is 23.8. The van der Waals surface area contributed by atoms with E-state index >= 15 is 0 Å². The molecule has 0 amide bonds. The highest BCUT2D eigenvalue weighted by Crippen LogP contribution is 2.22. The van der Waals surface area contributed by atoms with Crippen LogP contribution in [-0.2, 0) is 6.54 Å². The largest absolute Gasteiger partial charge is 0.478 e. The van der Waals surface area contributed by atoms with Crippen molar-refractivity contribution < 1.29 is 14.3 Å². The van der Waals surface area contributed by atoms with E-state index in [4.69, 9.17) is 5.11 Å². The van der Waals surface area contributed by atoms with E-state index in [2.05, 4.69) is 9.80 Å². The summed E-state index contributed by atoms with van der Waals surface area (Å²) in [4.78, 5) is 15.7. The number of piperidine rings is 1. The third kappa shape index (κ3) is 3.24. The number of rotatable bonds is 3. The number of hydrogen-bond donors (Lipinski definition) is 1. The highest BCUT2D eigenvalue weighted by molar-refractivity contribution is 5.87. The SMILES string of the molecule is O=C(O)c1ccc(CN2CCN3CCCCC3C2)cc1F. The van der Waals surface area contributed by atoms with Crippen molar-refractivity contribution in [3.8, 4) is 0 Å². The lowest BCUT2D eigenvalue weighted by molar-refractivity contribution is 0.0456. The topological polar surface area (TPSA) is 43.8 Å². The molecule has 1 atom stereocenters. The van der Waals surface area contributed by atoms with Crippen LogP contribution in [0.5, 0.6) is 0 Å². The molecule has 1 aromatic carbocycles. The van der Waals surface area contributed by atoms with E-state index in [1.54, 1.807) is 6.07 Å². The van der Waals surface area contributed by atoms with Crippen LogP contribution >= 0.6 is 0 Å². The third-order valence-electron chi connectivity index (χ3n) is 4.59. The van der Waals surface area contributed by atoms with Crippen LogP contribution in [0.4, 0.5) is 4.39 Å². The van der Waals surface area contributed by atoms with E-state index in [0.717, 1.165) is 25.2 Å². The molecule has 21 heavy (non-hydrogen) atoms. The molecule has 3 rings (SSSR count). The van der Waals surface area contributed by atoms with Gasteiger partial charge < -0.3 is 5.11 Å². The molecule has 0 saturated carbocycles. The molecule has 0 bridgehead atoms.